The number of benzene rings is 2. The lowest BCUT2D eigenvalue weighted by Gasteiger charge is -2.20. The van der Waals surface area contributed by atoms with Gasteiger partial charge in [0.05, 0.1) is 17.8 Å². The Morgan fingerprint density at radius 1 is 1.19 bits per heavy atom. The van der Waals surface area contributed by atoms with Crippen molar-refractivity contribution in [2.24, 2.45) is 5.10 Å². The van der Waals surface area contributed by atoms with Crippen LogP contribution in [0.2, 0.25) is 0 Å². The van der Waals surface area contributed by atoms with Gasteiger partial charge in [-0.1, -0.05) is 39.0 Å². The average Bonchev–Trinajstić information content (AvgIpc) is 2.60. The zero-order chi connectivity index (χ0) is 19.2. The Hall–Kier alpha value is -2.34. The van der Waals surface area contributed by atoms with Gasteiger partial charge < -0.3 is 9.47 Å². The summed E-state index contributed by atoms with van der Waals surface area (Å²) in [4.78, 5) is 11.9. The van der Waals surface area contributed by atoms with Crippen LogP contribution in [0.1, 0.15) is 31.9 Å². The van der Waals surface area contributed by atoms with Crippen molar-refractivity contribution in [1.29, 1.82) is 0 Å². The van der Waals surface area contributed by atoms with Gasteiger partial charge in [0, 0.05) is 5.56 Å². The molecule has 0 fully saturated rings. The number of carbonyl (C=O) groups excluding carboxylic acids is 1. The van der Waals surface area contributed by atoms with Gasteiger partial charge in [-0.25, -0.2) is 5.43 Å². The summed E-state index contributed by atoms with van der Waals surface area (Å²) in [5.74, 6) is 0.953. The van der Waals surface area contributed by atoms with Crippen molar-refractivity contribution in [3.63, 3.8) is 0 Å². The number of amides is 1. The number of methoxy groups -OCH3 is 1. The van der Waals surface area contributed by atoms with E-state index in [1.807, 2.05) is 42.5 Å². The summed E-state index contributed by atoms with van der Waals surface area (Å²) in [5, 5.41) is 3.94. The Morgan fingerprint density at radius 3 is 2.58 bits per heavy atom. The van der Waals surface area contributed by atoms with Gasteiger partial charge in [0.15, 0.2) is 6.61 Å². The van der Waals surface area contributed by atoms with E-state index in [1.54, 1.807) is 7.11 Å². The van der Waals surface area contributed by atoms with E-state index >= 15 is 0 Å². The Bertz CT molecular complexity index is 798. The molecule has 1 N–H and O–H groups in total. The van der Waals surface area contributed by atoms with E-state index < -0.39 is 0 Å². The van der Waals surface area contributed by atoms with E-state index in [2.05, 4.69) is 47.2 Å². The number of ether oxygens (including phenoxy) is 2. The minimum atomic E-state index is -0.344. The molecule has 2 aromatic carbocycles. The molecule has 0 aliphatic heterocycles. The maximum atomic E-state index is 11.9. The van der Waals surface area contributed by atoms with Crippen molar-refractivity contribution < 1.29 is 14.3 Å². The normalized spacial score (nSPS) is 11.4. The molecule has 5 nitrogen and oxygen atoms in total. The SMILES string of the molecule is COc1ccccc1C=NNC(=O)COc1ccc(C(C)(C)C)cc1Br. The van der Waals surface area contributed by atoms with E-state index in [-0.39, 0.29) is 17.9 Å². The number of hydrogen-bond acceptors (Lipinski definition) is 4. The molecule has 0 bridgehead atoms. The van der Waals surface area contributed by atoms with E-state index in [9.17, 15) is 4.79 Å². The molecule has 0 heterocycles. The first kappa shape index (κ1) is 20.0. The highest BCUT2D eigenvalue weighted by atomic mass is 79.9. The summed E-state index contributed by atoms with van der Waals surface area (Å²) in [6.07, 6.45) is 1.53. The van der Waals surface area contributed by atoms with Crippen LogP contribution in [0.5, 0.6) is 11.5 Å². The standard InChI is InChI=1S/C20H23BrN2O3/c1-20(2,3)15-9-10-18(16(21)11-15)26-13-19(24)23-22-12-14-7-5-6-8-17(14)25-4/h5-12H,13H2,1-4H3,(H,23,24). The third-order valence-corrected chi connectivity index (χ3v) is 4.31. The van der Waals surface area contributed by atoms with Crippen LogP contribution < -0.4 is 14.9 Å². The molecule has 0 saturated heterocycles. The largest absolute Gasteiger partial charge is 0.496 e. The number of para-hydroxylation sites is 1. The van der Waals surface area contributed by atoms with Crippen molar-refractivity contribution in [3.8, 4) is 11.5 Å². The van der Waals surface area contributed by atoms with Gasteiger partial charge in [0.1, 0.15) is 11.5 Å². The molecule has 0 aliphatic rings. The zero-order valence-electron chi connectivity index (χ0n) is 15.4. The predicted molar refractivity (Wildman–Crippen MR) is 107 cm³/mol. The molecule has 1 amide bonds. The quantitative estimate of drug-likeness (QED) is 0.562. The molecule has 0 saturated carbocycles. The first-order valence-corrected chi connectivity index (χ1v) is 8.98. The predicted octanol–water partition coefficient (Wildman–Crippen LogP) is 4.28. The summed E-state index contributed by atoms with van der Waals surface area (Å²) in [5.41, 5.74) is 4.45. The van der Waals surface area contributed by atoms with Gasteiger partial charge in [-0.2, -0.15) is 5.10 Å². The van der Waals surface area contributed by atoms with Crippen LogP contribution in [-0.2, 0) is 10.2 Å². The summed E-state index contributed by atoms with van der Waals surface area (Å²) in [7, 11) is 1.59. The Morgan fingerprint density at radius 2 is 1.92 bits per heavy atom. The molecule has 138 valence electrons. The lowest BCUT2D eigenvalue weighted by atomic mass is 9.87. The number of hydrogen-bond donors (Lipinski definition) is 1. The first-order chi connectivity index (χ1) is 12.3. The average molecular weight is 419 g/mol. The van der Waals surface area contributed by atoms with Gasteiger partial charge >= 0.3 is 0 Å². The maximum absolute atomic E-state index is 11.9. The molecular formula is C20H23BrN2O3. The van der Waals surface area contributed by atoms with Gasteiger partial charge in [-0.05, 0) is 51.2 Å². The number of rotatable bonds is 6. The molecule has 26 heavy (non-hydrogen) atoms. The highest BCUT2D eigenvalue weighted by molar-refractivity contribution is 9.10. The smallest absolute Gasteiger partial charge is 0.277 e. The topological polar surface area (TPSA) is 59.9 Å². The fourth-order valence-electron chi connectivity index (χ4n) is 2.21. The molecule has 0 unspecified atom stereocenters. The Balaban J connectivity index is 1.90. The minimum absolute atomic E-state index is 0.0473. The first-order valence-electron chi connectivity index (χ1n) is 8.19. The van der Waals surface area contributed by atoms with E-state index in [1.165, 1.54) is 11.8 Å². The van der Waals surface area contributed by atoms with Crippen molar-refractivity contribution >= 4 is 28.1 Å². The summed E-state index contributed by atoms with van der Waals surface area (Å²) >= 11 is 3.49. The van der Waals surface area contributed by atoms with E-state index in [4.69, 9.17) is 9.47 Å². The van der Waals surface area contributed by atoms with Crippen LogP contribution in [-0.4, -0.2) is 25.8 Å². The van der Waals surface area contributed by atoms with E-state index in [0.717, 1.165) is 10.0 Å². The van der Waals surface area contributed by atoms with Crippen molar-refractivity contribution in [3.05, 3.63) is 58.1 Å². The van der Waals surface area contributed by atoms with Crippen molar-refractivity contribution in [2.45, 2.75) is 26.2 Å². The molecule has 2 aromatic rings. The van der Waals surface area contributed by atoms with Crippen LogP contribution in [0.15, 0.2) is 52.0 Å². The second-order valence-electron chi connectivity index (χ2n) is 6.72. The second kappa shape index (κ2) is 8.85. The minimum Gasteiger partial charge on any atom is -0.496 e. The number of nitrogens with zero attached hydrogens (tertiary/aromatic N) is 1. The second-order valence-corrected chi connectivity index (χ2v) is 7.57. The number of hydrazone groups is 1. The lowest BCUT2D eigenvalue weighted by Crippen LogP contribution is -2.24. The van der Waals surface area contributed by atoms with Crippen LogP contribution in [0.3, 0.4) is 0 Å². The number of carbonyl (C=O) groups is 1. The van der Waals surface area contributed by atoms with Crippen LogP contribution in [0, 0.1) is 0 Å². The molecule has 0 spiro atoms. The highest BCUT2D eigenvalue weighted by Gasteiger charge is 2.15. The fraction of sp³-hybridized carbons (Fsp3) is 0.300. The van der Waals surface area contributed by atoms with Crippen LogP contribution in [0.25, 0.3) is 0 Å². The fourth-order valence-corrected chi connectivity index (χ4v) is 2.70. The lowest BCUT2D eigenvalue weighted by molar-refractivity contribution is -0.123. The molecule has 6 heteroatoms. The Kier molecular flexibility index (Phi) is 6.80. The zero-order valence-corrected chi connectivity index (χ0v) is 17.0. The summed E-state index contributed by atoms with van der Waals surface area (Å²) in [6.45, 7) is 6.30. The van der Waals surface area contributed by atoms with Gasteiger partial charge in [0.2, 0.25) is 0 Å². The summed E-state index contributed by atoms with van der Waals surface area (Å²) < 4.78 is 11.6. The van der Waals surface area contributed by atoms with Gasteiger partial charge in [0.25, 0.3) is 5.91 Å². The van der Waals surface area contributed by atoms with Crippen LogP contribution >= 0.6 is 15.9 Å². The molecule has 0 aromatic heterocycles. The number of nitrogens with one attached hydrogen (secondary N) is 1. The third kappa shape index (κ3) is 5.59. The highest BCUT2D eigenvalue weighted by Crippen LogP contribution is 2.31. The van der Waals surface area contributed by atoms with Crippen molar-refractivity contribution in [1.82, 2.24) is 5.43 Å². The molecule has 0 aliphatic carbocycles. The molecule has 0 radical (unpaired) electrons. The van der Waals surface area contributed by atoms with Crippen LogP contribution in [0.4, 0.5) is 0 Å². The molecule has 2 rings (SSSR count). The van der Waals surface area contributed by atoms with E-state index in [0.29, 0.717) is 11.5 Å². The monoisotopic (exact) mass is 418 g/mol. The maximum Gasteiger partial charge on any atom is 0.277 e. The van der Waals surface area contributed by atoms with Gasteiger partial charge in [-0.15, -0.1) is 0 Å². The summed E-state index contributed by atoms with van der Waals surface area (Å²) in [6, 6.07) is 13.3. The van der Waals surface area contributed by atoms with Crippen molar-refractivity contribution in [2.75, 3.05) is 13.7 Å². The number of halogens is 1. The Labute approximate surface area is 162 Å². The van der Waals surface area contributed by atoms with Gasteiger partial charge in [-0.3, -0.25) is 4.79 Å². The molecule has 0 atom stereocenters. The molecular weight excluding hydrogens is 396 g/mol. The third-order valence-electron chi connectivity index (χ3n) is 3.69.